The van der Waals surface area contributed by atoms with Crippen LogP contribution in [0.4, 0.5) is 19.0 Å². The maximum atomic E-state index is 12.0. The summed E-state index contributed by atoms with van der Waals surface area (Å²) in [7, 11) is 0. The average molecular weight is 291 g/mol. The Hall–Kier alpha value is -1.53. The van der Waals surface area contributed by atoms with Crippen molar-refractivity contribution in [1.82, 2.24) is 9.97 Å². The maximum Gasteiger partial charge on any atom is 0.389 e. The highest BCUT2D eigenvalue weighted by atomic mass is 19.4. The number of halogens is 3. The number of rotatable bonds is 7. The molecule has 7 heteroatoms. The molecule has 0 saturated carbocycles. The van der Waals surface area contributed by atoms with Crippen molar-refractivity contribution in [3.8, 4) is 5.88 Å². The van der Waals surface area contributed by atoms with Crippen molar-refractivity contribution >= 4 is 5.82 Å². The van der Waals surface area contributed by atoms with E-state index >= 15 is 0 Å². The number of hydrogen-bond acceptors (Lipinski definition) is 4. The molecule has 0 aromatic carbocycles. The molecule has 0 bridgehead atoms. The monoisotopic (exact) mass is 291 g/mol. The van der Waals surface area contributed by atoms with E-state index < -0.39 is 12.6 Å². The van der Waals surface area contributed by atoms with Crippen molar-refractivity contribution in [3.63, 3.8) is 0 Å². The first kappa shape index (κ1) is 16.5. The van der Waals surface area contributed by atoms with Gasteiger partial charge in [-0.1, -0.05) is 13.8 Å². The first-order valence-corrected chi connectivity index (χ1v) is 6.64. The standard InChI is InChI=1S/C13H20F3N3O/c1-4-17-10-8-11(19-12(18-10)9(2)3)20-7-5-6-13(14,15)16/h8-9H,4-7H2,1-3H3,(H,17,18,19). The lowest BCUT2D eigenvalue weighted by molar-refractivity contribution is -0.136. The van der Waals surface area contributed by atoms with Gasteiger partial charge in [0.1, 0.15) is 11.6 Å². The van der Waals surface area contributed by atoms with Crippen molar-refractivity contribution in [2.45, 2.75) is 45.7 Å². The summed E-state index contributed by atoms with van der Waals surface area (Å²) < 4.78 is 41.4. The molecule has 1 aromatic rings. The molecule has 1 aromatic heterocycles. The van der Waals surface area contributed by atoms with E-state index in [1.54, 1.807) is 6.07 Å². The Labute approximate surface area is 116 Å². The van der Waals surface area contributed by atoms with E-state index in [4.69, 9.17) is 4.74 Å². The molecular formula is C13H20F3N3O. The third kappa shape index (κ3) is 6.08. The zero-order chi connectivity index (χ0) is 15.2. The van der Waals surface area contributed by atoms with E-state index in [1.165, 1.54) is 0 Å². The molecule has 0 unspecified atom stereocenters. The van der Waals surface area contributed by atoms with Crippen molar-refractivity contribution in [1.29, 1.82) is 0 Å². The Kier molecular flexibility index (Phi) is 6.04. The molecule has 0 aliphatic carbocycles. The van der Waals surface area contributed by atoms with Gasteiger partial charge in [0, 0.05) is 24.9 Å². The van der Waals surface area contributed by atoms with Gasteiger partial charge < -0.3 is 10.1 Å². The summed E-state index contributed by atoms with van der Waals surface area (Å²) in [5.74, 6) is 1.65. The predicted octanol–water partition coefficient (Wildman–Crippen LogP) is 3.75. The lowest BCUT2D eigenvalue weighted by Crippen LogP contribution is -2.11. The van der Waals surface area contributed by atoms with Crippen molar-refractivity contribution in [2.75, 3.05) is 18.5 Å². The van der Waals surface area contributed by atoms with Crippen LogP contribution in [0.1, 0.15) is 45.4 Å². The van der Waals surface area contributed by atoms with E-state index in [2.05, 4.69) is 15.3 Å². The fourth-order valence-corrected chi connectivity index (χ4v) is 1.50. The number of hydrogen-bond donors (Lipinski definition) is 1. The second kappa shape index (κ2) is 7.31. The van der Waals surface area contributed by atoms with Gasteiger partial charge in [-0.2, -0.15) is 18.2 Å². The summed E-state index contributed by atoms with van der Waals surface area (Å²) in [4.78, 5) is 8.50. The van der Waals surface area contributed by atoms with Gasteiger partial charge in [0.25, 0.3) is 0 Å². The second-order valence-corrected chi connectivity index (χ2v) is 4.70. The zero-order valence-electron chi connectivity index (χ0n) is 11.9. The number of nitrogens with zero attached hydrogens (tertiary/aromatic N) is 2. The SMILES string of the molecule is CCNc1cc(OCCCC(F)(F)F)nc(C(C)C)n1. The van der Waals surface area contributed by atoms with Gasteiger partial charge in [-0.05, 0) is 13.3 Å². The molecule has 0 spiro atoms. The highest BCUT2D eigenvalue weighted by Crippen LogP contribution is 2.22. The first-order chi connectivity index (χ1) is 9.31. The fourth-order valence-electron chi connectivity index (χ4n) is 1.50. The Balaban J connectivity index is 2.64. The molecular weight excluding hydrogens is 271 g/mol. The van der Waals surface area contributed by atoms with Crippen LogP contribution in [-0.4, -0.2) is 29.3 Å². The summed E-state index contributed by atoms with van der Waals surface area (Å²) in [5, 5.41) is 3.05. The molecule has 1 N–H and O–H groups in total. The molecule has 20 heavy (non-hydrogen) atoms. The van der Waals surface area contributed by atoms with Gasteiger partial charge >= 0.3 is 6.18 Å². The molecule has 0 aliphatic rings. The Morgan fingerprint density at radius 2 is 2.00 bits per heavy atom. The number of anilines is 1. The number of aromatic nitrogens is 2. The van der Waals surface area contributed by atoms with Crippen LogP contribution in [0, 0.1) is 0 Å². The van der Waals surface area contributed by atoms with Crippen LogP contribution < -0.4 is 10.1 Å². The third-order valence-corrected chi connectivity index (χ3v) is 2.45. The Morgan fingerprint density at radius 1 is 1.30 bits per heavy atom. The summed E-state index contributed by atoms with van der Waals surface area (Å²) in [6.07, 6.45) is -5.08. The summed E-state index contributed by atoms with van der Waals surface area (Å²) in [6.45, 7) is 6.50. The quantitative estimate of drug-likeness (QED) is 0.777. The van der Waals surface area contributed by atoms with E-state index in [1.807, 2.05) is 20.8 Å². The van der Waals surface area contributed by atoms with E-state index in [9.17, 15) is 13.2 Å². The van der Waals surface area contributed by atoms with Gasteiger partial charge in [-0.3, -0.25) is 0 Å². The summed E-state index contributed by atoms with van der Waals surface area (Å²) in [6, 6.07) is 1.60. The topological polar surface area (TPSA) is 47.0 Å². The normalized spacial score (nSPS) is 11.8. The van der Waals surface area contributed by atoms with Crippen LogP contribution in [0.25, 0.3) is 0 Å². The van der Waals surface area contributed by atoms with Gasteiger partial charge in [0.15, 0.2) is 0 Å². The van der Waals surface area contributed by atoms with Crippen molar-refractivity contribution in [3.05, 3.63) is 11.9 Å². The molecule has 1 rings (SSSR count). The smallest absolute Gasteiger partial charge is 0.389 e. The van der Waals surface area contributed by atoms with Crippen LogP contribution in [-0.2, 0) is 0 Å². The molecule has 0 fully saturated rings. The van der Waals surface area contributed by atoms with Crippen molar-refractivity contribution in [2.24, 2.45) is 0 Å². The van der Waals surface area contributed by atoms with Crippen LogP contribution >= 0.6 is 0 Å². The van der Waals surface area contributed by atoms with E-state index in [0.717, 1.165) is 0 Å². The minimum atomic E-state index is -4.15. The molecule has 0 amide bonds. The van der Waals surface area contributed by atoms with E-state index in [-0.39, 0.29) is 18.9 Å². The fraction of sp³-hybridized carbons (Fsp3) is 0.692. The summed E-state index contributed by atoms with van der Waals surface area (Å²) in [5.41, 5.74) is 0. The Bertz CT molecular complexity index is 422. The van der Waals surface area contributed by atoms with Crippen LogP contribution in [0.5, 0.6) is 5.88 Å². The zero-order valence-corrected chi connectivity index (χ0v) is 11.9. The molecule has 114 valence electrons. The third-order valence-electron chi connectivity index (χ3n) is 2.45. The minimum Gasteiger partial charge on any atom is -0.478 e. The molecule has 0 aliphatic heterocycles. The lowest BCUT2D eigenvalue weighted by Gasteiger charge is -2.12. The van der Waals surface area contributed by atoms with Gasteiger partial charge in [-0.25, -0.2) is 4.98 Å². The molecule has 0 atom stereocenters. The highest BCUT2D eigenvalue weighted by Gasteiger charge is 2.26. The second-order valence-electron chi connectivity index (χ2n) is 4.70. The molecule has 4 nitrogen and oxygen atoms in total. The van der Waals surface area contributed by atoms with Gasteiger partial charge in [-0.15, -0.1) is 0 Å². The largest absolute Gasteiger partial charge is 0.478 e. The number of ether oxygens (including phenoxy) is 1. The predicted molar refractivity (Wildman–Crippen MR) is 71.1 cm³/mol. The molecule has 1 heterocycles. The molecule has 0 radical (unpaired) electrons. The van der Waals surface area contributed by atoms with Gasteiger partial charge in [0.05, 0.1) is 6.61 Å². The summed E-state index contributed by atoms with van der Waals surface area (Å²) >= 11 is 0. The average Bonchev–Trinajstić information content (AvgIpc) is 2.33. The van der Waals surface area contributed by atoms with Crippen LogP contribution in [0.3, 0.4) is 0 Å². The van der Waals surface area contributed by atoms with Crippen LogP contribution in [0.2, 0.25) is 0 Å². The number of alkyl halides is 3. The minimum absolute atomic E-state index is 0.0143. The van der Waals surface area contributed by atoms with Crippen LogP contribution in [0.15, 0.2) is 6.07 Å². The Morgan fingerprint density at radius 3 is 2.55 bits per heavy atom. The van der Waals surface area contributed by atoms with Gasteiger partial charge in [0.2, 0.25) is 5.88 Å². The lowest BCUT2D eigenvalue weighted by atomic mass is 10.2. The first-order valence-electron chi connectivity index (χ1n) is 6.64. The number of nitrogens with one attached hydrogen (secondary N) is 1. The van der Waals surface area contributed by atoms with E-state index in [0.29, 0.717) is 24.1 Å². The van der Waals surface area contributed by atoms with Crippen molar-refractivity contribution < 1.29 is 17.9 Å². The molecule has 0 saturated heterocycles. The highest BCUT2D eigenvalue weighted by molar-refractivity contribution is 5.38. The maximum absolute atomic E-state index is 12.0.